The molecule has 1 nitrogen and oxygen atoms in total. The van der Waals surface area contributed by atoms with Crippen LogP contribution >= 0.6 is 0 Å². The highest BCUT2D eigenvalue weighted by Crippen LogP contribution is 2.28. The van der Waals surface area contributed by atoms with Crippen molar-refractivity contribution in [3.05, 3.63) is 6.92 Å². The molecule has 1 radical (unpaired) electrons. The van der Waals surface area contributed by atoms with Gasteiger partial charge in [-0.2, -0.15) is 0 Å². The number of nitrogens with one attached hydrogen (secondary N) is 1. The van der Waals surface area contributed by atoms with Crippen LogP contribution in [0.4, 0.5) is 0 Å². The van der Waals surface area contributed by atoms with Gasteiger partial charge in [0.15, 0.2) is 0 Å². The van der Waals surface area contributed by atoms with Gasteiger partial charge in [0, 0.05) is 6.04 Å². The summed E-state index contributed by atoms with van der Waals surface area (Å²) in [5.74, 6) is 0.924. The molecule has 1 aliphatic rings. The van der Waals surface area contributed by atoms with E-state index in [0.29, 0.717) is 6.04 Å². The first-order valence-electron chi connectivity index (χ1n) is 4.91. The lowest BCUT2D eigenvalue weighted by Gasteiger charge is -2.22. The third-order valence-corrected chi connectivity index (χ3v) is 2.75. The van der Waals surface area contributed by atoms with E-state index in [1.165, 1.54) is 25.7 Å². The number of rotatable bonds is 4. The van der Waals surface area contributed by atoms with Crippen molar-refractivity contribution < 1.29 is 0 Å². The van der Waals surface area contributed by atoms with Gasteiger partial charge >= 0.3 is 0 Å². The average Bonchev–Trinajstić information content (AvgIpc) is 2.52. The molecule has 1 unspecified atom stereocenters. The predicted octanol–water partition coefficient (Wildman–Crippen LogP) is 2.38. The predicted molar refractivity (Wildman–Crippen MR) is 49.4 cm³/mol. The van der Waals surface area contributed by atoms with E-state index in [-0.39, 0.29) is 0 Å². The summed E-state index contributed by atoms with van der Waals surface area (Å²) in [6.45, 7) is 7.26. The molecule has 1 saturated carbocycles. The summed E-state index contributed by atoms with van der Waals surface area (Å²) >= 11 is 0. The molecule has 0 bridgehead atoms. The summed E-state index contributed by atoms with van der Waals surface area (Å²) in [5.41, 5.74) is 0. The second kappa shape index (κ2) is 4.76. The fourth-order valence-electron chi connectivity index (χ4n) is 2.13. The van der Waals surface area contributed by atoms with E-state index in [9.17, 15) is 0 Å². The maximum absolute atomic E-state index is 3.99. The minimum atomic E-state index is 0.697. The van der Waals surface area contributed by atoms with E-state index in [0.717, 1.165) is 18.9 Å². The summed E-state index contributed by atoms with van der Waals surface area (Å²) in [6, 6.07) is 0.697. The zero-order valence-electron chi connectivity index (χ0n) is 7.60. The fourth-order valence-corrected chi connectivity index (χ4v) is 2.13. The summed E-state index contributed by atoms with van der Waals surface area (Å²) in [6.07, 6.45) is 6.78. The summed E-state index contributed by atoms with van der Waals surface area (Å²) in [5, 5.41) is 3.51. The van der Waals surface area contributed by atoms with Crippen LogP contribution in [0.25, 0.3) is 0 Å². The smallest absolute Gasteiger partial charge is 0.00952 e. The Hall–Kier alpha value is -0.0400. The Kier molecular flexibility index (Phi) is 3.92. The van der Waals surface area contributed by atoms with Gasteiger partial charge in [0.1, 0.15) is 0 Å². The third-order valence-electron chi connectivity index (χ3n) is 2.75. The highest BCUT2D eigenvalue weighted by atomic mass is 14.9. The molecule has 0 aromatic rings. The van der Waals surface area contributed by atoms with Gasteiger partial charge in [0.2, 0.25) is 0 Å². The van der Waals surface area contributed by atoms with Crippen molar-refractivity contribution >= 4 is 0 Å². The summed E-state index contributed by atoms with van der Waals surface area (Å²) < 4.78 is 0. The molecule has 1 fully saturated rings. The minimum Gasteiger partial charge on any atom is -0.314 e. The van der Waals surface area contributed by atoms with Crippen LogP contribution in [0.15, 0.2) is 0 Å². The van der Waals surface area contributed by atoms with Crippen molar-refractivity contribution in [3.8, 4) is 0 Å². The summed E-state index contributed by atoms with van der Waals surface area (Å²) in [4.78, 5) is 0. The fraction of sp³-hybridized carbons (Fsp3) is 0.900. The number of hydrogen-bond donors (Lipinski definition) is 1. The van der Waals surface area contributed by atoms with Gasteiger partial charge in [-0.15, -0.1) is 0 Å². The van der Waals surface area contributed by atoms with E-state index in [2.05, 4.69) is 19.2 Å². The molecule has 11 heavy (non-hydrogen) atoms. The standard InChI is InChI=1S/C10H20N/c1-3-10(11-4-2)9-7-5-6-8-9/h9-11H,1,3-8H2,2H3. The molecule has 0 aromatic heterocycles. The first-order chi connectivity index (χ1) is 5.38. The highest BCUT2D eigenvalue weighted by molar-refractivity contribution is 4.80. The van der Waals surface area contributed by atoms with Crippen LogP contribution in [0.5, 0.6) is 0 Å². The highest BCUT2D eigenvalue weighted by Gasteiger charge is 2.22. The molecular weight excluding hydrogens is 134 g/mol. The van der Waals surface area contributed by atoms with Gasteiger partial charge in [-0.1, -0.05) is 26.7 Å². The Balaban J connectivity index is 2.27. The van der Waals surface area contributed by atoms with Crippen molar-refractivity contribution in [2.24, 2.45) is 5.92 Å². The lowest BCUT2D eigenvalue weighted by molar-refractivity contribution is 0.366. The lowest BCUT2D eigenvalue weighted by atomic mass is 9.96. The van der Waals surface area contributed by atoms with Crippen LogP contribution in [0.1, 0.15) is 39.0 Å². The first-order valence-corrected chi connectivity index (χ1v) is 4.91. The maximum Gasteiger partial charge on any atom is 0.00952 e. The van der Waals surface area contributed by atoms with Crippen molar-refractivity contribution in [1.29, 1.82) is 0 Å². The van der Waals surface area contributed by atoms with Crippen LogP contribution in [0, 0.1) is 12.8 Å². The minimum absolute atomic E-state index is 0.697. The molecule has 0 saturated heterocycles. The molecule has 1 atom stereocenters. The average molecular weight is 154 g/mol. The van der Waals surface area contributed by atoms with Crippen molar-refractivity contribution in [3.63, 3.8) is 0 Å². The largest absolute Gasteiger partial charge is 0.314 e. The van der Waals surface area contributed by atoms with E-state index in [1.54, 1.807) is 0 Å². The second-order valence-corrected chi connectivity index (χ2v) is 3.50. The Labute approximate surface area is 70.6 Å². The molecular formula is C10H20N. The molecule has 0 amide bonds. The maximum atomic E-state index is 3.99. The number of hydrogen-bond acceptors (Lipinski definition) is 1. The molecule has 65 valence electrons. The topological polar surface area (TPSA) is 12.0 Å². The van der Waals surface area contributed by atoms with Gasteiger partial charge < -0.3 is 5.32 Å². The third kappa shape index (κ3) is 2.48. The Bertz CT molecular complexity index is 95.0. The molecule has 0 spiro atoms. The van der Waals surface area contributed by atoms with Crippen LogP contribution < -0.4 is 5.32 Å². The second-order valence-electron chi connectivity index (χ2n) is 3.50. The molecule has 1 aliphatic carbocycles. The van der Waals surface area contributed by atoms with Crippen molar-refractivity contribution in [1.82, 2.24) is 5.32 Å². The molecule has 1 heteroatoms. The summed E-state index contributed by atoms with van der Waals surface area (Å²) in [7, 11) is 0. The van der Waals surface area contributed by atoms with Crippen LogP contribution in [0.3, 0.4) is 0 Å². The lowest BCUT2D eigenvalue weighted by Crippen LogP contribution is -2.34. The Morgan fingerprint density at radius 1 is 1.45 bits per heavy atom. The molecule has 1 rings (SSSR count). The normalized spacial score (nSPS) is 22.4. The van der Waals surface area contributed by atoms with E-state index >= 15 is 0 Å². The first kappa shape index (κ1) is 9.05. The van der Waals surface area contributed by atoms with E-state index < -0.39 is 0 Å². The van der Waals surface area contributed by atoms with Gasteiger partial charge in [0.25, 0.3) is 0 Å². The van der Waals surface area contributed by atoms with Gasteiger partial charge in [-0.05, 0) is 31.7 Å². The van der Waals surface area contributed by atoms with Gasteiger partial charge in [-0.25, -0.2) is 0 Å². The van der Waals surface area contributed by atoms with Crippen molar-refractivity contribution in [2.75, 3.05) is 6.54 Å². The molecule has 0 aromatic carbocycles. The van der Waals surface area contributed by atoms with Crippen LogP contribution in [-0.2, 0) is 0 Å². The van der Waals surface area contributed by atoms with E-state index in [4.69, 9.17) is 0 Å². The van der Waals surface area contributed by atoms with Crippen molar-refractivity contribution in [2.45, 2.75) is 45.1 Å². The SMILES string of the molecule is [CH2]CC(NCC)C1CCCC1. The zero-order valence-corrected chi connectivity index (χ0v) is 7.60. The van der Waals surface area contributed by atoms with Crippen LogP contribution in [-0.4, -0.2) is 12.6 Å². The molecule has 0 heterocycles. The van der Waals surface area contributed by atoms with Gasteiger partial charge in [-0.3, -0.25) is 0 Å². The molecule has 0 aliphatic heterocycles. The quantitative estimate of drug-likeness (QED) is 0.655. The van der Waals surface area contributed by atoms with E-state index in [1.807, 2.05) is 0 Å². The molecule has 1 N–H and O–H groups in total. The zero-order chi connectivity index (χ0) is 8.10. The Morgan fingerprint density at radius 2 is 2.09 bits per heavy atom. The van der Waals surface area contributed by atoms with Gasteiger partial charge in [0.05, 0.1) is 0 Å². The van der Waals surface area contributed by atoms with Crippen LogP contribution in [0.2, 0.25) is 0 Å². The monoisotopic (exact) mass is 154 g/mol. The Morgan fingerprint density at radius 3 is 2.55 bits per heavy atom.